The number of aromatic nitrogens is 1. The summed E-state index contributed by atoms with van der Waals surface area (Å²) in [6.07, 6.45) is -0.692. The Labute approximate surface area is 169 Å². The molecule has 3 rings (SSSR count). The Kier molecular flexibility index (Phi) is 6.10. The second-order valence-corrected chi connectivity index (χ2v) is 6.63. The average molecular weight is 387 g/mol. The molecule has 1 aromatic heterocycles. The standard InChI is InChI=1S/C23H21N3O3/c1-15-12-16(2)25-22(13-15)26-23(27)17(3)28-19-8-10-21(11-9-19)29-20-6-4-18(14-24)5-7-20/h4-13,17H,1-3H3,(H,25,26,27). The molecule has 1 atom stereocenters. The lowest BCUT2D eigenvalue weighted by atomic mass is 10.2. The van der Waals surface area contributed by atoms with Gasteiger partial charge in [-0.05, 0) is 87.0 Å². The molecule has 0 aliphatic rings. The van der Waals surface area contributed by atoms with Crippen LogP contribution in [0.5, 0.6) is 17.2 Å². The van der Waals surface area contributed by atoms with E-state index in [0.29, 0.717) is 28.6 Å². The van der Waals surface area contributed by atoms with Gasteiger partial charge in [-0.3, -0.25) is 4.79 Å². The molecule has 146 valence electrons. The van der Waals surface area contributed by atoms with Gasteiger partial charge in [0.2, 0.25) is 0 Å². The maximum atomic E-state index is 12.4. The van der Waals surface area contributed by atoms with E-state index < -0.39 is 6.10 Å². The molecule has 2 aromatic carbocycles. The number of nitrogens with one attached hydrogen (secondary N) is 1. The highest BCUT2D eigenvalue weighted by Crippen LogP contribution is 2.24. The molecule has 0 aliphatic carbocycles. The number of hydrogen-bond donors (Lipinski definition) is 1. The molecule has 29 heavy (non-hydrogen) atoms. The van der Waals surface area contributed by atoms with Gasteiger partial charge in [0.15, 0.2) is 6.10 Å². The Balaban J connectivity index is 1.58. The Morgan fingerprint density at radius 1 is 1.00 bits per heavy atom. The number of carbonyl (C=O) groups is 1. The Bertz CT molecular complexity index is 1020. The van der Waals surface area contributed by atoms with Crippen molar-refractivity contribution in [1.82, 2.24) is 4.98 Å². The number of benzene rings is 2. The number of anilines is 1. The fourth-order valence-corrected chi connectivity index (χ4v) is 2.71. The summed E-state index contributed by atoms with van der Waals surface area (Å²) >= 11 is 0. The number of nitriles is 1. The minimum Gasteiger partial charge on any atom is -0.481 e. The largest absolute Gasteiger partial charge is 0.481 e. The molecule has 0 fully saturated rings. The summed E-state index contributed by atoms with van der Waals surface area (Å²) in [5.41, 5.74) is 2.44. The molecular formula is C23H21N3O3. The number of carbonyl (C=O) groups excluding carboxylic acids is 1. The monoisotopic (exact) mass is 387 g/mol. The summed E-state index contributed by atoms with van der Waals surface area (Å²) in [4.78, 5) is 16.7. The van der Waals surface area contributed by atoms with Gasteiger partial charge in [0.05, 0.1) is 11.6 Å². The first-order valence-electron chi connectivity index (χ1n) is 9.14. The van der Waals surface area contributed by atoms with Crippen LogP contribution in [-0.2, 0) is 4.79 Å². The highest BCUT2D eigenvalue weighted by atomic mass is 16.5. The number of rotatable bonds is 6. The summed E-state index contributed by atoms with van der Waals surface area (Å²) in [5, 5.41) is 11.6. The van der Waals surface area contributed by atoms with Crippen LogP contribution in [0.3, 0.4) is 0 Å². The third-order valence-corrected chi connectivity index (χ3v) is 4.07. The van der Waals surface area contributed by atoms with Crippen LogP contribution in [0.4, 0.5) is 5.82 Å². The van der Waals surface area contributed by atoms with Crippen LogP contribution >= 0.6 is 0 Å². The van der Waals surface area contributed by atoms with Gasteiger partial charge in [0, 0.05) is 5.69 Å². The third kappa shape index (κ3) is 5.56. The lowest BCUT2D eigenvalue weighted by molar-refractivity contribution is -0.122. The minimum absolute atomic E-state index is 0.277. The molecule has 6 nitrogen and oxygen atoms in total. The first-order valence-corrected chi connectivity index (χ1v) is 9.14. The summed E-state index contributed by atoms with van der Waals surface area (Å²) < 4.78 is 11.4. The zero-order chi connectivity index (χ0) is 20.8. The van der Waals surface area contributed by atoms with E-state index in [1.54, 1.807) is 55.5 Å². The molecule has 0 aliphatic heterocycles. The summed E-state index contributed by atoms with van der Waals surface area (Å²) in [7, 11) is 0. The summed E-state index contributed by atoms with van der Waals surface area (Å²) in [6.45, 7) is 5.51. The van der Waals surface area contributed by atoms with Crippen molar-refractivity contribution in [2.75, 3.05) is 5.32 Å². The molecule has 0 saturated heterocycles. The number of aryl methyl sites for hydroxylation is 2. The molecule has 3 aromatic rings. The van der Waals surface area contributed by atoms with Crippen molar-refractivity contribution in [2.45, 2.75) is 26.9 Å². The maximum absolute atomic E-state index is 12.4. The van der Waals surface area contributed by atoms with Crippen LogP contribution in [0.1, 0.15) is 23.7 Å². The summed E-state index contributed by atoms with van der Waals surface area (Å²) in [5.74, 6) is 2.03. The predicted molar refractivity (Wildman–Crippen MR) is 110 cm³/mol. The number of amides is 1. The van der Waals surface area contributed by atoms with Gasteiger partial charge in [0.1, 0.15) is 23.1 Å². The lowest BCUT2D eigenvalue weighted by Crippen LogP contribution is -2.30. The molecule has 0 saturated carbocycles. The van der Waals surface area contributed by atoms with Crippen LogP contribution in [0.25, 0.3) is 0 Å². The lowest BCUT2D eigenvalue weighted by Gasteiger charge is -2.15. The van der Waals surface area contributed by atoms with Crippen molar-refractivity contribution < 1.29 is 14.3 Å². The van der Waals surface area contributed by atoms with E-state index in [9.17, 15) is 4.79 Å². The summed E-state index contributed by atoms with van der Waals surface area (Å²) in [6, 6.07) is 19.6. The molecule has 1 N–H and O–H groups in total. The zero-order valence-corrected chi connectivity index (χ0v) is 16.5. The van der Waals surface area contributed by atoms with Gasteiger partial charge in [0.25, 0.3) is 5.91 Å². The van der Waals surface area contributed by atoms with Crippen molar-refractivity contribution in [3.05, 3.63) is 77.5 Å². The smallest absolute Gasteiger partial charge is 0.266 e. The Morgan fingerprint density at radius 3 is 2.17 bits per heavy atom. The topological polar surface area (TPSA) is 84.2 Å². The highest BCUT2D eigenvalue weighted by molar-refractivity contribution is 5.93. The van der Waals surface area contributed by atoms with E-state index in [1.807, 2.05) is 26.0 Å². The van der Waals surface area contributed by atoms with Gasteiger partial charge in [-0.2, -0.15) is 5.26 Å². The number of ether oxygens (including phenoxy) is 2. The van der Waals surface area contributed by atoms with E-state index in [1.165, 1.54) is 0 Å². The minimum atomic E-state index is -0.692. The van der Waals surface area contributed by atoms with Gasteiger partial charge >= 0.3 is 0 Å². The Morgan fingerprint density at radius 2 is 1.59 bits per heavy atom. The molecule has 1 amide bonds. The van der Waals surface area contributed by atoms with Crippen LogP contribution in [0.15, 0.2) is 60.7 Å². The molecular weight excluding hydrogens is 366 g/mol. The van der Waals surface area contributed by atoms with Gasteiger partial charge in [-0.25, -0.2) is 4.98 Å². The number of pyridine rings is 1. The third-order valence-electron chi connectivity index (χ3n) is 4.07. The second kappa shape index (κ2) is 8.89. The Hall–Kier alpha value is -3.85. The average Bonchev–Trinajstić information content (AvgIpc) is 2.69. The van der Waals surface area contributed by atoms with Crippen molar-refractivity contribution in [3.63, 3.8) is 0 Å². The highest BCUT2D eigenvalue weighted by Gasteiger charge is 2.16. The van der Waals surface area contributed by atoms with Crippen LogP contribution in [0.2, 0.25) is 0 Å². The normalized spacial score (nSPS) is 11.2. The molecule has 0 bridgehead atoms. The van der Waals surface area contributed by atoms with E-state index in [-0.39, 0.29) is 5.91 Å². The zero-order valence-electron chi connectivity index (χ0n) is 16.5. The first kappa shape index (κ1) is 19.9. The predicted octanol–water partition coefficient (Wildman–Crippen LogP) is 4.77. The first-order chi connectivity index (χ1) is 13.9. The van der Waals surface area contributed by atoms with Crippen molar-refractivity contribution in [3.8, 4) is 23.3 Å². The maximum Gasteiger partial charge on any atom is 0.266 e. The van der Waals surface area contributed by atoms with Crippen LogP contribution in [-0.4, -0.2) is 17.0 Å². The SMILES string of the molecule is Cc1cc(C)nc(NC(=O)C(C)Oc2ccc(Oc3ccc(C#N)cc3)cc2)c1. The molecule has 0 radical (unpaired) electrons. The molecule has 1 heterocycles. The van der Waals surface area contributed by atoms with Gasteiger partial charge in [-0.15, -0.1) is 0 Å². The molecule has 0 spiro atoms. The van der Waals surface area contributed by atoms with Crippen molar-refractivity contribution in [1.29, 1.82) is 5.26 Å². The van der Waals surface area contributed by atoms with Crippen molar-refractivity contribution in [2.24, 2.45) is 0 Å². The van der Waals surface area contributed by atoms with Gasteiger partial charge < -0.3 is 14.8 Å². The van der Waals surface area contributed by atoms with E-state index in [4.69, 9.17) is 14.7 Å². The van der Waals surface area contributed by atoms with E-state index in [0.717, 1.165) is 11.3 Å². The van der Waals surface area contributed by atoms with E-state index >= 15 is 0 Å². The molecule has 1 unspecified atom stereocenters. The van der Waals surface area contributed by atoms with Crippen LogP contribution in [0, 0.1) is 25.2 Å². The van der Waals surface area contributed by atoms with Gasteiger partial charge in [-0.1, -0.05) is 0 Å². The van der Waals surface area contributed by atoms with Crippen LogP contribution < -0.4 is 14.8 Å². The number of hydrogen-bond acceptors (Lipinski definition) is 5. The second-order valence-electron chi connectivity index (χ2n) is 6.63. The molecule has 6 heteroatoms. The fourth-order valence-electron chi connectivity index (χ4n) is 2.71. The van der Waals surface area contributed by atoms with E-state index in [2.05, 4.69) is 16.4 Å². The number of nitrogens with zero attached hydrogens (tertiary/aromatic N) is 2. The quantitative estimate of drug-likeness (QED) is 0.659. The van der Waals surface area contributed by atoms with Crippen molar-refractivity contribution >= 4 is 11.7 Å². The fraction of sp³-hybridized carbons (Fsp3) is 0.174.